The van der Waals surface area contributed by atoms with Gasteiger partial charge < -0.3 is 5.32 Å². The van der Waals surface area contributed by atoms with Crippen LogP contribution in [0.25, 0.3) is 32.7 Å². The summed E-state index contributed by atoms with van der Waals surface area (Å²) in [4.78, 5) is 2.58. The van der Waals surface area contributed by atoms with Crippen molar-refractivity contribution in [2.75, 3.05) is 19.6 Å². The molecular formula is C26H26N2. The standard InChI is InChI=1S/C26H26N2/c1-2-27-15-16-28-17-21-13-11-19-7-3-5-9-23(19)25(21)26-22(18-28)14-12-20-8-4-6-10-24(20)26/h3-14,27H,2,15-18H2,1H3. The Labute approximate surface area is 166 Å². The third-order valence-electron chi connectivity index (χ3n) is 5.92. The maximum absolute atomic E-state index is 3.48. The van der Waals surface area contributed by atoms with Crippen LogP contribution in [-0.2, 0) is 13.1 Å². The summed E-state index contributed by atoms with van der Waals surface area (Å²) in [7, 11) is 0. The van der Waals surface area contributed by atoms with Gasteiger partial charge in [-0.2, -0.15) is 0 Å². The second-order valence-electron chi connectivity index (χ2n) is 7.71. The van der Waals surface area contributed by atoms with Crippen LogP contribution in [0.3, 0.4) is 0 Å². The summed E-state index contributed by atoms with van der Waals surface area (Å²) in [5.41, 5.74) is 5.72. The summed E-state index contributed by atoms with van der Waals surface area (Å²) in [6.45, 7) is 7.28. The molecule has 0 unspecified atom stereocenters. The van der Waals surface area contributed by atoms with Crippen LogP contribution in [0, 0.1) is 0 Å². The molecule has 140 valence electrons. The van der Waals surface area contributed by atoms with Crippen molar-refractivity contribution in [1.29, 1.82) is 0 Å². The molecule has 0 saturated carbocycles. The molecule has 1 N–H and O–H groups in total. The first kappa shape index (κ1) is 17.4. The molecule has 4 aromatic carbocycles. The Morgan fingerprint density at radius 1 is 0.714 bits per heavy atom. The molecule has 0 atom stereocenters. The van der Waals surface area contributed by atoms with E-state index in [0.29, 0.717) is 0 Å². The van der Waals surface area contributed by atoms with E-state index < -0.39 is 0 Å². The molecule has 0 fully saturated rings. The van der Waals surface area contributed by atoms with Gasteiger partial charge in [0.25, 0.3) is 0 Å². The van der Waals surface area contributed by atoms with Crippen LogP contribution in [0.4, 0.5) is 0 Å². The predicted molar refractivity (Wildman–Crippen MR) is 120 cm³/mol. The van der Waals surface area contributed by atoms with Gasteiger partial charge in [0.2, 0.25) is 0 Å². The van der Waals surface area contributed by atoms with Gasteiger partial charge in [0.05, 0.1) is 0 Å². The number of hydrogen-bond acceptors (Lipinski definition) is 2. The first-order valence-electron chi connectivity index (χ1n) is 10.3. The molecule has 0 radical (unpaired) electrons. The van der Waals surface area contributed by atoms with Gasteiger partial charge >= 0.3 is 0 Å². The topological polar surface area (TPSA) is 15.3 Å². The van der Waals surface area contributed by atoms with Crippen LogP contribution in [0.15, 0.2) is 72.8 Å². The Balaban J connectivity index is 1.77. The molecule has 0 spiro atoms. The Kier molecular flexibility index (Phi) is 4.59. The monoisotopic (exact) mass is 366 g/mol. The minimum absolute atomic E-state index is 0.995. The van der Waals surface area contributed by atoms with Crippen molar-refractivity contribution < 1.29 is 0 Å². The van der Waals surface area contributed by atoms with Gasteiger partial charge in [-0.1, -0.05) is 79.7 Å². The molecular weight excluding hydrogens is 340 g/mol. The summed E-state index contributed by atoms with van der Waals surface area (Å²) in [6.07, 6.45) is 0. The average molecular weight is 367 g/mol. The SMILES string of the molecule is CCNCCN1Cc2ccc3ccccc3c2-c2c(ccc3ccccc23)C1. The molecule has 4 aromatic rings. The number of nitrogens with one attached hydrogen (secondary N) is 1. The zero-order valence-corrected chi connectivity index (χ0v) is 16.4. The van der Waals surface area contributed by atoms with Crippen LogP contribution >= 0.6 is 0 Å². The predicted octanol–water partition coefficient (Wildman–Crippen LogP) is 5.59. The number of fused-ring (bicyclic) bond motifs is 7. The first-order valence-corrected chi connectivity index (χ1v) is 10.3. The summed E-state index contributed by atoms with van der Waals surface area (Å²) >= 11 is 0. The smallest absolute Gasteiger partial charge is 0.0244 e. The van der Waals surface area contributed by atoms with Crippen molar-refractivity contribution in [3.63, 3.8) is 0 Å². The fourth-order valence-corrected chi connectivity index (χ4v) is 4.60. The zero-order chi connectivity index (χ0) is 18.9. The van der Waals surface area contributed by atoms with Crippen molar-refractivity contribution in [2.24, 2.45) is 0 Å². The minimum atomic E-state index is 0.995. The number of likely N-dealkylation sites (N-methyl/N-ethyl adjacent to an activating group) is 1. The highest BCUT2D eigenvalue weighted by Crippen LogP contribution is 2.41. The second-order valence-corrected chi connectivity index (χ2v) is 7.71. The van der Waals surface area contributed by atoms with E-state index in [0.717, 1.165) is 32.7 Å². The second kappa shape index (κ2) is 7.38. The van der Waals surface area contributed by atoms with Crippen LogP contribution in [-0.4, -0.2) is 24.5 Å². The van der Waals surface area contributed by atoms with E-state index in [-0.39, 0.29) is 0 Å². The Morgan fingerprint density at radius 3 is 1.79 bits per heavy atom. The average Bonchev–Trinajstić information content (AvgIpc) is 2.90. The highest BCUT2D eigenvalue weighted by atomic mass is 15.1. The Bertz CT molecular complexity index is 1060. The number of rotatable bonds is 4. The molecule has 1 heterocycles. The molecule has 5 rings (SSSR count). The molecule has 0 aliphatic carbocycles. The molecule has 0 saturated heterocycles. The van der Waals surface area contributed by atoms with E-state index in [1.807, 2.05) is 0 Å². The van der Waals surface area contributed by atoms with Gasteiger partial charge in [-0.05, 0) is 50.3 Å². The number of hydrogen-bond donors (Lipinski definition) is 1. The zero-order valence-electron chi connectivity index (χ0n) is 16.4. The van der Waals surface area contributed by atoms with E-state index in [2.05, 4.69) is 89.9 Å². The van der Waals surface area contributed by atoms with Gasteiger partial charge in [-0.15, -0.1) is 0 Å². The highest BCUT2D eigenvalue weighted by Gasteiger charge is 2.22. The molecule has 1 aliphatic heterocycles. The molecule has 0 bridgehead atoms. The fraction of sp³-hybridized carbons (Fsp3) is 0.231. The summed E-state index contributed by atoms with van der Waals surface area (Å²) in [5, 5.41) is 8.86. The molecule has 0 amide bonds. The lowest BCUT2D eigenvalue weighted by Crippen LogP contribution is -2.30. The van der Waals surface area contributed by atoms with E-state index in [1.165, 1.54) is 43.8 Å². The van der Waals surface area contributed by atoms with Gasteiger partial charge in [-0.3, -0.25) is 4.90 Å². The van der Waals surface area contributed by atoms with Crippen molar-refractivity contribution in [2.45, 2.75) is 20.0 Å². The lowest BCUT2D eigenvalue weighted by Gasteiger charge is -2.21. The quantitative estimate of drug-likeness (QED) is 0.474. The largest absolute Gasteiger partial charge is 0.316 e. The Morgan fingerprint density at radius 2 is 1.25 bits per heavy atom. The van der Waals surface area contributed by atoms with Crippen LogP contribution in [0.2, 0.25) is 0 Å². The van der Waals surface area contributed by atoms with Crippen molar-refractivity contribution in [3.8, 4) is 11.1 Å². The third kappa shape index (κ3) is 2.99. The fourth-order valence-electron chi connectivity index (χ4n) is 4.60. The summed E-state index contributed by atoms with van der Waals surface area (Å²) in [6, 6.07) is 26.9. The third-order valence-corrected chi connectivity index (χ3v) is 5.92. The van der Waals surface area contributed by atoms with E-state index in [9.17, 15) is 0 Å². The normalized spacial score (nSPS) is 14.0. The number of nitrogens with zero attached hydrogens (tertiary/aromatic N) is 1. The van der Waals surface area contributed by atoms with E-state index >= 15 is 0 Å². The van der Waals surface area contributed by atoms with Crippen molar-refractivity contribution >= 4 is 21.5 Å². The minimum Gasteiger partial charge on any atom is -0.316 e. The lowest BCUT2D eigenvalue weighted by molar-refractivity contribution is 0.260. The molecule has 0 aromatic heterocycles. The first-order chi connectivity index (χ1) is 13.8. The summed E-state index contributed by atoms with van der Waals surface area (Å²) in [5.74, 6) is 0. The highest BCUT2D eigenvalue weighted by molar-refractivity contribution is 6.08. The molecule has 1 aliphatic rings. The van der Waals surface area contributed by atoms with Gasteiger partial charge in [0.15, 0.2) is 0 Å². The van der Waals surface area contributed by atoms with Gasteiger partial charge in [-0.25, -0.2) is 0 Å². The maximum atomic E-state index is 3.48. The van der Waals surface area contributed by atoms with Crippen molar-refractivity contribution in [1.82, 2.24) is 10.2 Å². The lowest BCUT2D eigenvalue weighted by atomic mass is 9.88. The van der Waals surface area contributed by atoms with Crippen molar-refractivity contribution in [3.05, 3.63) is 83.9 Å². The van der Waals surface area contributed by atoms with Gasteiger partial charge in [0, 0.05) is 26.2 Å². The van der Waals surface area contributed by atoms with E-state index in [4.69, 9.17) is 0 Å². The molecule has 28 heavy (non-hydrogen) atoms. The van der Waals surface area contributed by atoms with Crippen LogP contribution < -0.4 is 5.32 Å². The number of benzene rings is 4. The Hall–Kier alpha value is -2.68. The molecule has 2 heteroatoms. The maximum Gasteiger partial charge on any atom is 0.0244 e. The summed E-state index contributed by atoms with van der Waals surface area (Å²) < 4.78 is 0. The molecule has 2 nitrogen and oxygen atoms in total. The van der Waals surface area contributed by atoms with E-state index in [1.54, 1.807) is 0 Å². The van der Waals surface area contributed by atoms with Gasteiger partial charge in [0.1, 0.15) is 0 Å². The van der Waals surface area contributed by atoms with Crippen LogP contribution in [0.5, 0.6) is 0 Å². The van der Waals surface area contributed by atoms with Crippen LogP contribution in [0.1, 0.15) is 18.1 Å².